The Labute approximate surface area is 245 Å². The highest BCUT2D eigenvalue weighted by molar-refractivity contribution is 6.30. The number of nitroso groups, excluding NO2 is 1. The molecule has 1 saturated carbocycles. The van der Waals surface area contributed by atoms with Crippen LogP contribution < -0.4 is 5.32 Å². The van der Waals surface area contributed by atoms with Crippen LogP contribution in [0, 0.1) is 4.91 Å². The molecular formula is C30H36ClN7O3. The molecule has 10 nitrogen and oxygen atoms in total. The number of hydrogen-bond acceptors (Lipinski definition) is 7. The zero-order valence-corrected chi connectivity index (χ0v) is 24.5. The van der Waals surface area contributed by atoms with E-state index in [1.165, 1.54) is 0 Å². The standard InChI is InChI=1S/C30H36ClN7O3/c1-5-7-20-16-24(27(25-18-32-19-36(25)3)34-29(39)30(41-4)10-11-30)23-17-21(31)8-9-22(23)28(26(20)33-6-2)37-12-14-38(35-40)15-13-37/h6-9,16-19,27-28H,2,5,10-15H2,1,3-4H3,(H,34,39)/b20-7-,33-26?. The van der Waals surface area contributed by atoms with Crippen LogP contribution in [0.2, 0.25) is 5.02 Å². The maximum Gasteiger partial charge on any atom is 0.253 e. The van der Waals surface area contributed by atoms with Crippen molar-refractivity contribution < 1.29 is 9.53 Å². The van der Waals surface area contributed by atoms with Gasteiger partial charge in [0.25, 0.3) is 5.91 Å². The second kappa shape index (κ2) is 12.1. The maximum atomic E-state index is 13.6. The number of aryl methyl sites for hydroxylation is 1. The Hall–Kier alpha value is -3.60. The number of benzene rings is 1. The molecule has 2 atom stereocenters. The minimum absolute atomic E-state index is 0.157. The van der Waals surface area contributed by atoms with Crippen molar-refractivity contribution in [2.75, 3.05) is 33.3 Å². The molecule has 0 bridgehead atoms. The van der Waals surface area contributed by atoms with E-state index in [0.29, 0.717) is 44.0 Å². The average molecular weight is 578 g/mol. The molecule has 2 aromatic rings. The third-order valence-electron chi connectivity index (χ3n) is 8.16. The molecule has 1 aromatic carbocycles. The molecule has 1 aromatic heterocycles. The predicted molar refractivity (Wildman–Crippen MR) is 160 cm³/mol. The minimum atomic E-state index is -0.814. The molecule has 216 valence electrons. The van der Waals surface area contributed by atoms with Crippen LogP contribution in [0.25, 0.3) is 5.57 Å². The van der Waals surface area contributed by atoms with Gasteiger partial charge in [-0.1, -0.05) is 37.2 Å². The zero-order valence-electron chi connectivity index (χ0n) is 23.7. The number of fused-ring (bicyclic) bond motifs is 1. The van der Waals surface area contributed by atoms with Crippen LogP contribution in [0.15, 0.2) is 71.5 Å². The molecule has 1 N–H and O–H groups in total. The van der Waals surface area contributed by atoms with Gasteiger partial charge in [0.2, 0.25) is 0 Å². The van der Waals surface area contributed by atoms with Gasteiger partial charge in [0.05, 0.1) is 54.4 Å². The number of nitrogens with zero attached hydrogens (tertiary/aromatic N) is 6. The second-order valence-corrected chi connectivity index (χ2v) is 11.0. The number of hydrogen-bond donors (Lipinski definition) is 1. The summed E-state index contributed by atoms with van der Waals surface area (Å²) in [6, 6.07) is 5.10. The summed E-state index contributed by atoms with van der Waals surface area (Å²) in [4.78, 5) is 36.3. The van der Waals surface area contributed by atoms with Gasteiger partial charge in [0, 0.05) is 38.5 Å². The van der Waals surface area contributed by atoms with Crippen LogP contribution in [0.3, 0.4) is 0 Å². The van der Waals surface area contributed by atoms with E-state index in [4.69, 9.17) is 21.3 Å². The number of carbonyl (C=O) groups excluding carboxylic acids is 1. The first kappa shape index (κ1) is 28.9. The highest BCUT2D eigenvalue weighted by Gasteiger charge is 2.51. The molecular weight excluding hydrogens is 542 g/mol. The number of rotatable bonds is 9. The fraction of sp³-hybridized carbons (Fsp3) is 0.433. The number of allylic oxidation sites excluding steroid dienone is 2. The Kier molecular flexibility index (Phi) is 8.53. The van der Waals surface area contributed by atoms with E-state index < -0.39 is 11.6 Å². The number of aliphatic imine (C=N–C) groups is 1. The molecule has 2 heterocycles. The van der Waals surface area contributed by atoms with Crippen molar-refractivity contribution in [3.05, 3.63) is 88.0 Å². The fourth-order valence-corrected chi connectivity index (χ4v) is 5.96. The van der Waals surface area contributed by atoms with Crippen molar-refractivity contribution in [3.8, 4) is 0 Å². The fourth-order valence-electron chi connectivity index (χ4n) is 5.78. The van der Waals surface area contributed by atoms with Crippen molar-refractivity contribution in [1.29, 1.82) is 0 Å². The number of ether oxygens (including phenoxy) is 1. The highest BCUT2D eigenvalue weighted by Crippen LogP contribution is 2.44. The van der Waals surface area contributed by atoms with Crippen molar-refractivity contribution in [2.24, 2.45) is 17.3 Å². The van der Waals surface area contributed by atoms with Crippen LogP contribution in [0.5, 0.6) is 0 Å². The summed E-state index contributed by atoms with van der Waals surface area (Å²) in [6.07, 6.45) is 11.4. The van der Waals surface area contributed by atoms with Gasteiger partial charge in [-0.15, -0.1) is 4.91 Å². The van der Waals surface area contributed by atoms with E-state index in [2.05, 4.69) is 46.1 Å². The summed E-state index contributed by atoms with van der Waals surface area (Å²) in [6.45, 7) is 8.29. The molecule has 2 aliphatic carbocycles. The Morgan fingerprint density at radius 3 is 2.66 bits per heavy atom. The van der Waals surface area contributed by atoms with Gasteiger partial charge in [-0.3, -0.25) is 19.7 Å². The second-order valence-electron chi connectivity index (χ2n) is 10.6. The number of halogens is 1. The summed E-state index contributed by atoms with van der Waals surface area (Å²) in [7, 11) is 3.49. The summed E-state index contributed by atoms with van der Waals surface area (Å²) in [5.74, 6) is -0.157. The monoisotopic (exact) mass is 577 g/mol. The van der Waals surface area contributed by atoms with E-state index in [-0.39, 0.29) is 11.9 Å². The first-order valence-corrected chi connectivity index (χ1v) is 14.3. The van der Waals surface area contributed by atoms with E-state index in [0.717, 1.165) is 40.1 Å². The minimum Gasteiger partial charge on any atom is -0.368 e. The topological polar surface area (TPSA) is 104 Å². The van der Waals surface area contributed by atoms with E-state index in [1.54, 1.807) is 30.8 Å². The highest BCUT2D eigenvalue weighted by atomic mass is 35.5. The zero-order chi connectivity index (χ0) is 29.1. The van der Waals surface area contributed by atoms with Gasteiger partial charge in [0.1, 0.15) is 5.60 Å². The van der Waals surface area contributed by atoms with Crippen LogP contribution in [-0.4, -0.2) is 70.0 Å². The van der Waals surface area contributed by atoms with Gasteiger partial charge >= 0.3 is 0 Å². The third-order valence-corrected chi connectivity index (χ3v) is 8.39. The Bertz CT molecular complexity index is 1420. The molecule has 2 fully saturated rings. The molecule has 11 heteroatoms. The number of imidazole rings is 1. The van der Waals surface area contributed by atoms with Gasteiger partial charge in [-0.05, 0) is 59.7 Å². The largest absolute Gasteiger partial charge is 0.368 e. The summed E-state index contributed by atoms with van der Waals surface area (Å²) in [5, 5.41) is 8.57. The van der Waals surface area contributed by atoms with Gasteiger partial charge in [-0.2, -0.15) is 0 Å². The normalized spacial score (nSPS) is 23.0. The van der Waals surface area contributed by atoms with Crippen LogP contribution in [0.1, 0.15) is 55.1 Å². The van der Waals surface area contributed by atoms with Crippen molar-refractivity contribution >= 4 is 28.8 Å². The SMILES string of the molecule is C=CN=C1/C(=C\CC)C=C(C(NC(=O)C2(OC)CC2)c2cncn2C)c2cc(Cl)ccc2C1N1CCN(N=O)CC1. The number of nitrogens with one attached hydrogen (secondary N) is 1. The molecule has 3 aliphatic rings. The maximum absolute atomic E-state index is 13.6. The molecule has 0 spiro atoms. The third kappa shape index (κ3) is 5.64. The number of piperazine rings is 1. The lowest BCUT2D eigenvalue weighted by molar-refractivity contribution is -0.134. The molecule has 1 aliphatic heterocycles. The number of aromatic nitrogens is 2. The van der Waals surface area contributed by atoms with Crippen molar-refractivity contribution in [2.45, 2.75) is 43.9 Å². The molecule has 2 unspecified atom stereocenters. The quantitative estimate of drug-likeness (QED) is 0.431. The van der Waals surface area contributed by atoms with E-state index >= 15 is 0 Å². The van der Waals surface area contributed by atoms with E-state index in [9.17, 15) is 9.70 Å². The summed E-state index contributed by atoms with van der Waals surface area (Å²) in [5.41, 5.74) is 4.57. The van der Waals surface area contributed by atoms with Crippen molar-refractivity contribution in [3.63, 3.8) is 0 Å². The first-order valence-electron chi connectivity index (χ1n) is 13.9. The van der Waals surface area contributed by atoms with Gasteiger partial charge in [0.15, 0.2) is 0 Å². The van der Waals surface area contributed by atoms with Crippen molar-refractivity contribution in [1.82, 2.24) is 24.8 Å². The lowest BCUT2D eigenvalue weighted by atomic mass is 9.89. The molecule has 0 radical (unpaired) electrons. The van der Waals surface area contributed by atoms with Gasteiger partial charge in [-0.25, -0.2) is 4.98 Å². The summed E-state index contributed by atoms with van der Waals surface area (Å²) < 4.78 is 7.54. The summed E-state index contributed by atoms with van der Waals surface area (Å²) >= 11 is 6.65. The average Bonchev–Trinajstić information content (AvgIpc) is 3.70. The lowest BCUT2D eigenvalue weighted by Crippen LogP contribution is -2.47. The van der Waals surface area contributed by atoms with Crippen LogP contribution in [-0.2, 0) is 16.6 Å². The Morgan fingerprint density at radius 1 is 1.32 bits per heavy atom. The smallest absolute Gasteiger partial charge is 0.253 e. The number of amides is 1. The van der Waals surface area contributed by atoms with Crippen LogP contribution in [0.4, 0.5) is 0 Å². The molecule has 1 saturated heterocycles. The number of carbonyl (C=O) groups is 1. The molecule has 1 amide bonds. The number of methoxy groups -OCH3 is 1. The Balaban J connectivity index is 1.72. The Morgan fingerprint density at radius 2 is 2.07 bits per heavy atom. The molecule has 5 rings (SSSR count). The lowest BCUT2D eigenvalue weighted by Gasteiger charge is -2.38. The molecule has 41 heavy (non-hydrogen) atoms. The first-order chi connectivity index (χ1) is 19.9. The van der Waals surface area contributed by atoms with Gasteiger partial charge < -0.3 is 14.6 Å². The van der Waals surface area contributed by atoms with E-state index in [1.807, 2.05) is 29.8 Å². The predicted octanol–water partition coefficient (Wildman–Crippen LogP) is 4.77. The van der Waals surface area contributed by atoms with Crippen LogP contribution >= 0.6 is 11.6 Å².